The smallest absolute Gasteiger partial charge is 0.237 e. The van der Waals surface area contributed by atoms with Crippen LogP contribution in [0.25, 0.3) is 0 Å². The fourth-order valence-corrected chi connectivity index (χ4v) is 3.21. The van der Waals surface area contributed by atoms with Gasteiger partial charge in [0.2, 0.25) is 5.91 Å². The number of carbonyl (C=O) groups is 1. The standard InChI is InChI=1S/C11H22N2OS/c1-10(2)5-8(6-15-7-10)13-11(3,4)9(12)14/h8,13H,5-7H2,1-4H3,(H2,12,14). The number of nitrogens with one attached hydrogen (secondary N) is 1. The molecule has 0 saturated carbocycles. The van der Waals surface area contributed by atoms with Gasteiger partial charge in [0.15, 0.2) is 0 Å². The van der Waals surface area contributed by atoms with E-state index in [1.165, 1.54) is 5.75 Å². The highest BCUT2D eigenvalue weighted by atomic mass is 32.2. The summed E-state index contributed by atoms with van der Waals surface area (Å²) >= 11 is 1.95. The highest BCUT2D eigenvalue weighted by Crippen LogP contribution is 2.33. The van der Waals surface area contributed by atoms with Crippen molar-refractivity contribution in [2.45, 2.75) is 45.7 Å². The maximum atomic E-state index is 11.2. The molecule has 3 N–H and O–H groups in total. The highest BCUT2D eigenvalue weighted by Gasteiger charge is 2.33. The molecule has 3 nitrogen and oxygen atoms in total. The summed E-state index contributed by atoms with van der Waals surface area (Å²) in [6.45, 7) is 8.24. The normalized spacial score (nSPS) is 26.3. The summed E-state index contributed by atoms with van der Waals surface area (Å²) in [6.07, 6.45) is 1.11. The van der Waals surface area contributed by atoms with Crippen molar-refractivity contribution in [1.29, 1.82) is 0 Å². The summed E-state index contributed by atoms with van der Waals surface area (Å²) in [5.41, 5.74) is 5.10. The van der Waals surface area contributed by atoms with Gasteiger partial charge in [0.1, 0.15) is 0 Å². The van der Waals surface area contributed by atoms with Gasteiger partial charge in [0.25, 0.3) is 0 Å². The van der Waals surface area contributed by atoms with Crippen molar-refractivity contribution in [2.24, 2.45) is 11.1 Å². The first-order chi connectivity index (χ1) is 6.73. The third-order valence-electron chi connectivity index (χ3n) is 2.79. The zero-order valence-corrected chi connectivity index (χ0v) is 10.9. The fraction of sp³-hybridized carbons (Fsp3) is 0.909. The lowest BCUT2D eigenvalue weighted by Crippen LogP contribution is -2.56. The van der Waals surface area contributed by atoms with Crippen molar-refractivity contribution in [3.05, 3.63) is 0 Å². The molecule has 0 aromatic heterocycles. The molecule has 0 radical (unpaired) electrons. The first-order valence-corrected chi connectivity index (χ1v) is 6.54. The van der Waals surface area contributed by atoms with Crippen LogP contribution in [0, 0.1) is 5.41 Å². The van der Waals surface area contributed by atoms with E-state index < -0.39 is 5.54 Å². The SMILES string of the molecule is CC1(C)CSCC(NC(C)(C)C(N)=O)C1. The van der Waals surface area contributed by atoms with E-state index in [1.807, 2.05) is 25.6 Å². The number of primary amides is 1. The third-order valence-corrected chi connectivity index (χ3v) is 4.42. The fourth-order valence-electron chi connectivity index (χ4n) is 1.94. The van der Waals surface area contributed by atoms with E-state index in [2.05, 4.69) is 19.2 Å². The number of hydrogen-bond donors (Lipinski definition) is 2. The molecular weight excluding hydrogens is 208 g/mol. The van der Waals surface area contributed by atoms with Gasteiger partial charge in [-0.1, -0.05) is 13.8 Å². The molecule has 1 saturated heterocycles. The number of hydrogen-bond acceptors (Lipinski definition) is 3. The van der Waals surface area contributed by atoms with Gasteiger partial charge in [-0.3, -0.25) is 4.79 Å². The second kappa shape index (κ2) is 4.34. The van der Waals surface area contributed by atoms with E-state index in [4.69, 9.17) is 5.73 Å². The Kier molecular flexibility index (Phi) is 3.71. The van der Waals surface area contributed by atoms with Crippen molar-refractivity contribution in [2.75, 3.05) is 11.5 Å². The summed E-state index contributed by atoms with van der Waals surface area (Å²) in [7, 11) is 0. The molecule has 0 spiro atoms. The van der Waals surface area contributed by atoms with E-state index in [1.54, 1.807) is 0 Å². The molecule has 1 aliphatic rings. The monoisotopic (exact) mass is 230 g/mol. The summed E-state index contributed by atoms with van der Waals surface area (Å²) < 4.78 is 0. The number of rotatable bonds is 3. The van der Waals surface area contributed by atoms with Gasteiger partial charge in [-0.25, -0.2) is 0 Å². The minimum Gasteiger partial charge on any atom is -0.368 e. The molecule has 1 heterocycles. The Labute approximate surface area is 96.6 Å². The predicted octanol–water partition coefficient (Wildman–Crippen LogP) is 1.37. The van der Waals surface area contributed by atoms with Crippen LogP contribution >= 0.6 is 11.8 Å². The third kappa shape index (κ3) is 3.68. The van der Waals surface area contributed by atoms with Crippen molar-refractivity contribution < 1.29 is 4.79 Å². The van der Waals surface area contributed by atoms with Gasteiger partial charge in [0, 0.05) is 11.8 Å². The molecule has 1 fully saturated rings. The molecule has 0 aromatic rings. The minimum atomic E-state index is -0.599. The van der Waals surface area contributed by atoms with E-state index in [9.17, 15) is 4.79 Å². The largest absolute Gasteiger partial charge is 0.368 e. The summed E-state index contributed by atoms with van der Waals surface area (Å²) in [5.74, 6) is 1.98. The average Bonchev–Trinajstić information content (AvgIpc) is 2.00. The Morgan fingerprint density at radius 3 is 2.60 bits per heavy atom. The maximum Gasteiger partial charge on any atom is 0.237 e. The van der Waals surface area contributed by atoms with E-state index >= 15 is 0 Å². The molecule has 1 amide bonds. The minimum absolute atomic E-state index is 0.282. The van der Waals surface area contributed by atoms with Crippen LogP contribution in [0.15, 0.2) is 0 Å². The topological polar surface area (TPSA) is 55.1 Å². The number of thioether (sulfide) groups is 1. The van der Waals surface area contributed by atoms with Gasteiger partial charge >= 0.3 is 0 Å². The van der Waals surface area contributed by atoms with Crippen molar-refractivity contribution >= 4 is 17.7 Å². The Hall–Kier alpha value is -0.220. The second-order valence-electron chi connectivity index (χ2n) is 5.71. The molecule has 1 unspecified atom stereocenters. The van der Waals surface area contributed by atoms with Crippen LogP contribution in [-0.2, 0) is 4.79 Å². The molecule has 15 heavy (non-hydrogen) atoms. The molecule has 1 aliphatic heterocycles. The van der Waals surface area contributed by atoms with Crippen LogP contribution in [0.4, 0.5) is 0 Å². The van der Waals surface area contributed by atoms with Gasteiger partial charge in [-0.05, 0) is 31.4 Å². The van der Waals surface area contributed by atoms with Crippen molar-refractivity contribution in [3.8, 4) is 0 Å². The molecule has 0 bridgehead atoms. The van der Waals surface area contributed by atoms with Crippen LogP contribution in [-0.4, -0.2) is 29.0 Å². The zero-order chi connectivity index (χ0) is 11.7. The van der Waals surface area contributed by atoms with Crippen molar-refractivity contribution in [3.63, 3.8) is 0 Å². The molecule has 0 aromatic carbocycles. The predicted molar refractivity (Wildman–Crippen MR) is 65.9 cm³/mol. The number of amides is 1. The average molecular weight is 230 g/mol. The molecule has 88 valence electrons. The van der Waals surface area contributed by atoms with Crippen LogP contribution < -0.4 is 11.1 Å². The van der Waals surface area contributed by atoms with Crippen LogP contribution in [0.1, 0.15) is 34.1 Å². The maximum absolute atomic E-state index is 11.2. The molecule has 4 heteroatoms. The summed E-state index contributed by atoms with van der Waals surface area (Å²) in [4.78, 5) is 11.2. The molecule has 0 aliphatic carbocycles. The Morgan fingerprint density at radius 2 is 2.13 bits per heavy atom. The van der Waals surface area contributed by atoms with Gasteiger partial charge < -0.3 is 11.1 Å². The molecular formula is C11H22N2OS. The summed E-state index contributed by atoms with van der Waals surface area (Å²) in [5, 5.41) is 3.35. The quantitative estimate of drug-likeness (QED) is 0.770. The first-order valence-electron chi connectivity index (χ1n) is 5.38. The van der Waals surface area contributed by atoms with Crippen LogP contribution in [0.5, 0.6) is 0 Å². The first kappa shape index (κ1) is 12.8. The Balaban J connectivity index is 2.55. The van der Waals surface area contributed by atoms with Crippen LogP contribution in [0.2, 0.25) is 0 Å². The Morgan fingerprint density at radius 1 is 1.53 bits per heavy atom. The van der Waals surface area contributed by atoms with Crippen molar-refractivity contribution in [1.82, 2.24) is 5.32 Å². The molecule has 1 rings (SSSR count). The van der Waals surface area contributed by atoms with Gasteiger partial charge in [0.05, 0.1) is 5.54 Å². The zero-order valence-electron chi connectivity index (χ0n) is 10.1. The van der Waals surface area contributed by atoms with E-state index in [0.717, 1.165) is 12.2 Å². The number of carbonyl (C=O) groups excluding carboxylic acids is 1. The second-order valence-corrected chi connectivity index (χ2v) is 6.74. The van der Waals surface area contributed by atoms with Gasteiger partial charge in [-0.15, -0.1) is 0 Å². The lowest BCUT2D eigenvalue weighted by molar-refractivity contribution is -0.123. The lowest BCUT2D eigenvalue weighted by Gasteiger charge is -2.38. The molecule has 1 atom stereocenters. The number of nitrogens with two attached hydrogens (primary N) is 1. The van der Waals surface area contributed by atoms with E-state index in [0.29, 0.717) is 11.5 Å². The van der Waals surface area contributed by atoms with Crippen LogP contribution in [0.3, 0.4) is 0 Å². The van der Waals surface area contributed by atoms with E-state index in [-0.39, 0.29) is 5.91 Å². The Bertz CT molecular complexity index is 251. The van der Waals surface area contributed by atoms with Gasteiger partial charge in [-0.2, -0.15) is 11.8 Å². The highest BCUT2D eigenvalue weighted by molar-refractivity contribution is 7.99. The summed E-state index contributed by atoms with van der Waals surface area (Å²) in [6, 6.07) is 0.390. The lowest BCUT2D eigenvalue weighted by atomic mass is 9.87.